The molecule has 0 fully saturated rings. The quantitative estimate of drug-likeness (QED) is 0.485. The van der Waals surface area contributed by atoms with Crippen molar-refractivity contribution in [2.24, 2.45) is 0 Å². The van der Waals surface area contributed by atoms with Gasteiger partial charge in [0.1, 0.15) is 0 Å². The molecule has 0 aliphatic carbocycles. The summed E-state index contributed by atoms with van der Waals surface area (Å²) in [5.41, 5.74) is 0. The minimum absolute atomic E-state index is 0.0100. The first kappa shape index (κ1) is 16.4. The second-order valence-electron chi connectivity index (χ2n) is 4.00. The maximum atomic E-state index is 11.4. The number of hydrogen-bond donors (Lipinski definition) is 1. The van der Waals surface area contributed by atoms with Crippen molar-refractivity contribution < 1.29 is 18.0 Å². The predicted octanol–water partition coefficient (Wildman–Crippen LogP) is 2.13. The third kappa shape index (κ3) is 10.3. The van der Waals surface area contributed by atoms with Crippen LogP contribution in [0, 0.1) is 0 Å². The van der Waals surface area contributed by atoms with Crippen molar-refractivity contribution in [2.45, 2.75) is 58.8 Å². The number of rotatable bonds is 10. The highest BCUT2D eigenvalue weighted by Crippen LogP contribution is 2.05. The minimum atomic E-state index is -3.47. The van der Waals surface area contributed by atoms with Crippen LogP contribution in [0.2, 0.25) is 0 Å². The number of hydrogen-bond acceptors (Lipinski definition) is 4. The van der Waals surface area contributed by atoms with Crippen LogP contribution in [-0.2, 0) is 19.7 Å². The summed E-state index contributed by atoms with van der Waals surface area (Å²) < 4.78 is 22.7. The van der Waals surface area contributed by atoms with Crippen LogP contribution in [-0.4, -0.2) is 20.1 Å². The van der Waals surface area contributed by atoms with Crippen molar-refractivity contribution in [3.05, 3.63) is 0 Å². The molecule has 0 aromatic rings. The molecule has 0 heterocycles. The molecule has 0 aliphatic rings. The van der Waals surface area contributed by atoms with Crippen molar-refractivity contribution in [3.8, 4) is 0 Å². The lowest BCUT2D eigenvalue weighted by Crippen LogP contribution is -2.29. The fourth-order valence-electron chi connectivity index (χ4n) is 1.30. The summed E-state index contributed by atoms with van der Waals surface area (Å²) in [6.07, 6.45) is 6.21. The van der Waals surface area contributed by atoms with E-state index in [0.29, 0.717) is 6.42 Å². The molecule has 0 atom stereocenters. The molecule has 0 aromatic heterocycles. The van der Waals surface area contributed by atoms with Gasteiger partial charge in [0.15, 0.2) is 0 Å². The van der Waals surface area contributed by atoms with Gasteiger partial charge >= 0.3 is 5.97 Å². The number of nitrogens with one attached hydrogen (secondary N) is 1. The van der Waals surface area contributed by atoms with E-state index in [1.54, 1.807) is 6.92 Å². The third-order valence-corrected chi connectivity index (χ3v) is 3.50. The van der Waals surface area contributed by atoms with Gasteiger partial charge in [0.25, 0.3) is 0 Å². The molecule has 1 N–H and O–H groups in total. The van der Waals surface area contributed by atoms with E-state index in [9.17, 15) is 13.2 Å². The molecule has 6 heteroatoms. The summed E-state index contributed by atoms with van der Waals surface area (Å²) >= 11 is 0. The van der Waals surface area contributed by atoms with Crippen LogP contribution in [0.5, 0.6) is 0 Å². The van der Waals surface area contributed by atoms with Gasteiger partial charge in [0, 0.05) is 6.42 Å². The smallest absolute Gasteiger partial charge is 0.325 e. The van der Waals surface area contributed by atoms with Gasteiger partial charge in [0.2, 0.25) is 10.0 Å². The summed E-state index contributed by atoms with van der Waals surface area (Å²) in [6, 6.07) is 0. The van der Waals surface area contributed by atoms with Gasteiger partial charge in [-0.2, -0.15) is 0 Å². The second-order valence-corrected chi connectivity index (χ2v) is 5.80. The first-order valence-corrected chi connectivity index (χ1v) is 7.86. The Balaban J connectivity index is 3.61. The van der Waals surface area contributed by atoms with Crippen molar-refractivity contribution in [1.29, 1.82) is 0 Å². The van der Waals surface area contributed by atoms with Gasteiger partial charge in [-0.15, -0.1) is 0 Å². The van der Waals surface area contributed by atoms with E-state index in [0.717, 1.165) is 19.3 Å². The van der Waals surface area contributed by atoms with E-state index >= 15 is 0 Å². The Morgan fingerprint density at radius 1 is 1.06 bits per heavy atom. The van der Waals surface area contributed by atoms with Crippen molar-refractivity contribution in [3.63, 3.8) is 0 Å². The number of sulfonamides is 1. The van der Waals surface area contributed by atoms with Crippen molar-refractivity contribution in [2.75, 3.05) is 5.75 Å². The Bertz CT molecular complexity index is 301. The normalized spacial score (nSPS) is 11.4. The molecular formula is C11H23NO4S. The summed E-state index contributed by atoms with van der Waals surface area (Å²) in [5.74, 6) is -0.563. The van der Waals surface area contributed by atoms with Crippen LogP contribution < -0.4 is 4.89 Å². The van der Waals surface area contributed by atoms with Crippen molar-refractivity contribution in [1.82, 2.24) is 4.89 Å². The number of carbonyl (C=O) groups is 1. The minimum Gasteiger partial charge on any atom is -0.356 e. The highest BCUT2D eigenvalue weighted by molar-refractivity contribution is 7.89. The highest BCUT2D eigenvalue weighted by atomic mass is 32.2. The molecule has 0 bridgehead atoms. The Labute approximate surface area is 104 Å². The fourth-order valence-corrected chi connectivity index (χ4v) is 2.18. The van der Waals surface area contributed by atoms with E-state index in [-0.39, 0.29) is 12.2 Å². The molecule has 0 saturated heterocycles. The maximum Gasteiger partial charge on any atom is 0.325 e. The van der Waals surface area contributed by atoms with Crippen LogP contribution >= 0.6 is 0 Å². The number of carbonyl (C=O) groups excluding carboxylic acids is 1. The van der Waals surface area contributed by atoms with E-state index in [2.05, 4.69) is 11.8 Å². The summed E-state index contributed by atoms with van der Waals surface area (Å²) in [7, 11) is -3.47. The Morgan fingerprint density at radius 3 is 2.24 bits per heavy atom. The molecule has 0 radical (unpaired) electrons. The predicted molar refractivity (Wildman–Crippen MR) is 66.7 cm³/mol. The largest absolute Gasteiger partial charge is 0.356 e. The zero-order chi connectivity index (χ0) is 13.1. The average Bonchev–Trinajstić information content (AvgIpc) is 2.30. The van der Waals surface area contributed by atoms with Crippen LogP contribution in [0.25, 0.3) is 0 Å². The van der Waals surface area contributed by atoms with Gasteiger partial charge in [-0.1, -0.05) is 46.0 Å². The standard InChI is InChI=1S/C11H23NO4S/c1-3-5-6-7-8-9-10-17(14,15)12-16-11(13)4-2/h12H,3-10H2,1-2H3. The van der Waals surface area contributed by atoms with Gasteiger partial charge < -0.3 is 4.84 Å². The first-order valence-electron chi connectivity index (χ1n) is 6.21. The average molecular weight is 265 g/mol. The van der Waals surface area contributed by atoms with Gasteiger partial charge in [-0.05, 0) is 11.3 Å². The zero-order valence-electron chi connectivity index (χ0n) is 10.7. The summed E-state index contributed by atoms with van der Waals surface area (Å²) in [4.78, 5) is 17.0. The molecule has 0 amide bonds. The zero-order valence-corrected chi connectivity index (χ0v) is 11.5. The van der Waals surface area contributed by atoms with Gasteiger partial charge in [0.05, 0.1) is 5.75 Å². The molecule has 0 rings (SSSR count). The Morgan fingerprint density at radius 2 is 1.65 bits per heavy atom. The molecule has 0 aliphatic heterocycles. The molecule has 5 nitrogen and oxygen atoms in total. The monoisotopic (exact) mass is 265 g/mol. The highest BCUT2D eigenvalue weighted by Gasteiger charge is 2.11. The van der Waals surface area contributed by atoms with Gasteiger partial charge in [-0.3, -0.25) is 4.79 Å². The number of unbranched alkanes of at least 4 members (excludes halogenated alkanes) is 5. The second kappa shape index (κ2) is 9.41. The van der Waals surface area contributed by atoms with Crippen molar-refractivity contribution >= 4 is 16.0 Å². The van der Waals surface area contributed by atoms with Crippen LogP contribution in [0.15, 0.2) is 0 Å². The molecule has 0 spiro atoms. The lowest BCUT2D eigenvalue weighted by Gasteiger charge is -2.05. The summed E-state index contributed by atoms with van der Waals surface area (Å²) in [6.45, 7) is 3.74. The molecule has 17 heavy (non-hydrogen) atoms. The molecule has 0 unspecified atom stereocenters. The van der Waals surface area contributed by atoms with Crippen LogP contribution in [0.4, 0.5) is 0 Å². The molecular weight excluding hydrogens is 242 g/mol. The van der Waals surface area contributed by atoms with E-state index in [4.69, 9.17) is 0 Å². The topological polar surface area (TPSA) is 72.5 Å². The molecule has 0 saturated carbocycles. The van der Waals surface area contributed by atoms with Gasteiger partial charge in [-0.25, -0.2) is 8.42 Å². The molecule has 0 aromatic carbocycles. The Hall–Kier alpha value is -0.620. The first-order chi connectivity index (χ1) is 8.02. The lowest BCUT2D eigenvalue weighted by molar-refractivity contribution is -0.146. The van der Waals surface area contributed by atoms with E-state index < -0.39 is 16.0 Å². The lowest BCUT2D eigenvalue weighted by atomic mass is 10.1. The van der Waals surface area contributed by atoms with E-state index in [1.165, 1.54) is 12.8 Å². The SMILES string of the molecule is CCCCCCCCS(=O)(=O)NOC(=O)CC. The Kier molecular flexibility index (Phi) is 9.07. The summed E-state index contributed by atoms with van der Waals surface area (Å²) in [5, 5.41) is 0. The third-order valence-electron chi connectivity index (χ3n) is 2.34. The maximum absolute atomic E-state index is 11.4. The van der Waals surface area contributed by atoms with E-state index in [1.807, 2.05) is 4.89 Å². The molecule has 102 valence electrons. The fraction of sp³-hybridized carbons (Fsp3) is 0.909. The van der Waals surface area contributed by atoms with Crippen LogP contribution in [0.3, 0.4) is 0 Å². The van der Waals surface area contributed by atoms with Crippen LogP contribution in [0.1, 0.15) is 58.8 Å².